The minimum Gasteiger partial charge on any atom is -0.314 e. The van der Waals surface area contributed by atoms with E-state index in [4.69, 9.17) is 0 Å². The number of thiazole rings is 1. The molecule has 0 radical (unpaired) electrons. The molecule has 102 valence electrons. The van der Waals surface area contributed by atoms with Crippen molar-refractivity contribution in [2.45, 2.75) is 32.7 Å². The second kappa shape index (κ2) is 6.78. The van der Waals surface area contributed by atoms with Gasteiger partial charge in [0.1, 0.15) is 5.82 Å². The molecule has 2 aromatic rings. The van der Waals surface area contributed by atoms with Crippen molar-refractivity contribution in [1.29, 1.82) is 0 Å². The van der Waals surface area contributed by atoms with Crippen molar-refractivity contribution < 1.29 is 4.39 Å². The van der Waals surface area contributed by atoms with Gasteiger partial charge in [-0.2, -0.15) is 0 Å². The molecule has 19 heavy (non-hydrogen) atoms. The Labute approximate surface area is 117 Å². The van der Waals surface area contributed by atoms with Gasteiger partial charge in [-0.3, -0.25) is 0 Å². The Morgan fingerprint density at radius 2 is 2.05 bits per heavy atom. The van der Waals surface area contributed by atoms with E-state index in [1.165, 1.54) is 12.1 Å². The average molecular weight is 278 g/mol. The molecule has 1 N–H and O–H groups in total. The maximum atomic E-state index is 12.8. The van der Waals surface area contributed by atoms with Crippen LogP contribution in [0.25, 0.3) is 0 Å². The van der Waals surface area contributed by atoms with E-state index in [1.54, 1.807) is 11.3 Å². The number of nitrogens with zero attached hydrogens (tertiary/aromatic N) is 1. The van der Waals surface area contributed by atoms with Crippen LogP contribution in [0.1, 0.15) is 23.2 Å². The Hall–Kier alpha value is -1.26. The maximum Gasteiger partial charge on any atom is 0.123 e. The number of aryl methyl sites for hydroxylation is 1. The van der Waals surface area contributed by atoms with Gasteiger partial charge in [-0.15, -0.1) is 11.3 Å². The van der Waals surface area contributed by atoms with Crippen LogP contribution in [-0.4, -0.2) is 17.6 Å². The van der Waals surface area contributed by atoms with Gasteiger partial charge in [0.15, 0.2) is 0 Å². The van der Waals surface area contributed by atoms with Crippen LogP contribution in [0.4, 0.5) is 4.39 Å². The van der Waals surface area contributed by atoms with Gasteiger partial charge in [-0.1, -0.05) is 12.1 Å². The molecular formula is C15H19FN2S. The number of aromatic nitrogens is 1. The van der Waals surface area contributed by atoms with Gasteiger partial charge in [-0.05, 0) is 38.0 Å². The predicted molar refractivity (Wildman–Crippen MR) is 78.1 cm³/mol. The van der Waals surface area contributed by atoms with Crippen molar-refractivity contribution in [2.75, 3.05) is 6.54 Å². The van der Waals surface area contributed by atoms with Gasteiger partial charge in [0.05, 0.1) is 10.7 Å². The highest BCUT2D eigenvalue weighted by atomic mass is 32.1. The molecule has 1 unspecified atom stereocenters. The molecule has 0 aliphatic carbocycles. The molecule has 4 heteroatoms. The zero-order chi connectivity index (χ0) is 13.7. The second-order valence-electron chi connectivity index (χ2n) is 4.79. The third kappa shape index (κ3) is 4.73. The fourth-order valence-electron chi connectivity index (χ4n) is 2.02. The molecule has 1 heterocycles. The summed E-state index contributed by atoms with van der Waals surface area (Å²) >= 11 is 1.69. The lowest BCUT2D eigenvalue weighted by atomic mass is 10.1. The average Bonchev–Trinajstić information content (AvgIpc) is 2.78. The Morgan fingerprint density at radius 3 is 2.68 bits per heavy atom. The molecule has 0 bridgehead atoms. The van der Waals surface area contributed by atoms with Crippen LogP contribution in [0.5, 0.6) is 0 Å². The Balaban J connectivity index is 1.72. The lowest BCUT2D eigenvalue weighted by Crippen LogP contribution is -2.30. The van der Waals surface area contributed by atoms with Crippen molar-refractivity contribution in [3.8, 4) is 0 Å². The van der Waals surface area contributed by atoms with Gasteiger partial charge in [0.2, 0.25) is 0 Å². The van der Waals surface area contributed by atoms with E-state index in [1.807, 2.05) is 19.1 Å². The first-order valence-corrected chi connectivity index (χ1v) is 7.40. The van der Waals surface area contributed by atoms with Crippen LogP contribution >= 0.6 is 11.3 Å². The monoisotopic (exact) mass is 278 g/mol. The number of hydrogen-bond donors (Lipinski definition) is 1. The van der Waals surface area contributed by atoms with Crippen molar-refractivity contribution in [2.24, 2.45) is 0 Å². The zero-order valence-electron chi connectivity index (χ0n) is 11.3. The summed E-state index contributed by atoms with van der Waals surface area (Å²) in [5.41, 5.74) is 2.31. The van der Waals surface area contributed by atoms with Gasteiger partial charge in [-0.25, -0.2) is 9.37 Å². The van der Waals surface area contributed by atoms with Crippen LogP contribution in [0.3, 0.4) is 0 Å². The molecular weight excluding hydrogens is 259 g/mol. The van der Waals surface area contributed by atoms with E-state index in [0.717, 1.165) is 35.7 Å². The number of nitrogens with one attached hydrogen (secondary N) is 1. The molecule has 0 amide bonds. The summed E-state index contributed by atoms with van der Waals surface area (Å²) in [5, 5.41) is 6.71. The van der Waals surface area contributed by atoms with Crippen LogP contribution in [-0.2, 0) is 12.8 Å². The van der Waals surface area contributed by atoms with Crippen molar-refractivity contribution in [3.63, 3.8) is 0 Å². The molecule has 1 atom stereocenters. The third-order valence-electron chi connectivity index (χ3n) is 3.00. The molecule has 1 aromatic carbocycles. The molecule has 2 nitrogen and oxygen atoms in total. The van der Waals surface area contributed by atoms with E-state index in [9.17, 15) is 4.39 Å². The molecule has 0 aliphatic heterocycles. The van der Waals surface area contributed by atoms with Gasteiger partial charge in [0.25, 0.3) is 0 Å². The molecule has 0 fully saturated rings. The largest absolute Gasteiger partial charge is 0.314 e. The van der Waals surface area contributed by atoms with E-state index in [2.05, 4.69) is 22.6 Å². The smallest absolute Gasteiger partial charge is 0.123 e. The SMILES string of the molecule is Cc1nc(CCNC(C)Cc2ccc(F)cc2)cs1. The predicted octanol–water partition coefficient (Wildman–Crippen LogP) is 3.35. The maximum absolute atomic E-state index is 12.8. The second-order valence-corrected chi connectivity index (χ2v) is 5.86. The summed E-state index contributed by atoms with van der Waals surface area (Å²) in [5.74, 6) is -0.178. The van der Waals surface area contributed by atoms with Crippen molar-refractivity contribution >= 4 is 11.3 Å². The third-order valence-corrected chi connectivity index (χ3v) is 3.82. The standard InChI is InChI=1S/C15H19FN2S/c1-11(9-13-3-5-14(16)6-4-13)17-8-7-15-10-19-12(2)18-15/h3-6,10-11,17H,7-9H2,1-2H3. The molecule has 1 aromatic heterocycles. The highest BCUT2D eigenvalue weighted by Crippen LogP contribution is 2.08. The Kier molecular flexibility index (Phi) is 5.05. The van der Waals surface area contributed by atoms with E-state index < -0.39 is 0 Å². The number of halogens is 1. The number of hydrogen-bond acceptors (Lipinski definition) is 3. The fraction of sp³-hybridized carbons (Fsp3) is 0.400. The number of rotatable bonds is 6. The Bertz CT molecular complexity index is 507. The van der Waals surface area contributed by atoms with Gasteiger partial charge in [0, 0.05) is 24.4 Å². The fourth-order valence-corrected chi connectivity index (χ4v) is 2.66. The van der Waals surface area contributed by atoms with Crippen LogP contribution in [0.2, 0.25) is 0 Å². The molecule has 2 rings (SSSR count). The van der Waals surface area contributed by atoms with Crippen molar-refractivity contribution in [3.05, 3.63) is 51.7 Å². The first kappa shape index (κ1) is 14.2. The topological polar surface area (TPSA) is 24.9 Å². The van der Waals surface area contributed by atoms with Crippen LogP contribution in [0.15, 0.2) is 29.6 Å². The quantitative estimate of drug-likeness (QED) is 0.876. The van der Waals surface area contributed by atoms with E-state index in [0.29, 0.717) is 6.04 Å². The number of benzene rings is 1. The lowest BCUT2D eigenvalue weighted by molar-refractivity contribution is 0.545. The van der Waals surface area contributed by atoms with Gasteiger partial charge < -0.3 is 5.32 Å². The van der Waals surface area contributed by atoms with Crippen LogP contribution in [0, 0.1) is 12.7 Å². The molecule has 0 spiro atoms. The summed E-state index contributed by atoms with van der Waals surface area (Å²) in [6.45, 7) is 5.10. The minimum atomic E-state index is -0.178. The lowest BCUT2D eigenvalue weighted by Gasteiger charge is -2.13. The van der Waals surface area contributed by atoms with Gasteiger partial charge >= 0.3 is 0 Å². The first-order valence-electron chi connectivity index (χ1n) is 6.52. The summed E-state index contributed by atoms with van der Waals surface area (Å²) < 4.78 is 12.8. The van der Waals surface area contributed by atoms with E-state index >= 15 is 0 Å². The van der Waals surface area contributed by atoms with E-state index in [-0.39, 0.29) is 5.82 Å². The summed E-state index contributed by atoms with van der Waals surface area (Å²) in [7, 11) is 0. The highest BCUT2D eigenvalue weighted by Gasteiger charge is 2.04. The summed E-state index contributed by atoms with van der Waals surface area (Å²) in [6, 6.07) is 7.10. The summed E-state index contributed by atoms with van der Waals surface area (Å²) in [6.07, 6.45) is 1.87. The molecule has 0 saturated heterocycles. The minimum absolute atomic E-state index is 0.178. The molecule has 0 saturated carbocycles. The molecule has 0 aliphatic rings. The van der Waals surface area contributed by atoms with Crippen LogP contribution < -0.4 is 5.32 Å². The normalized spacial score (nSPS) is 12.6. The van der Waals surface area contributed by atoms with Crippen molar-refractivity contribution in [1.82, 2.24) is 10.3 Å². The first-order chi connectivity index (χ1) is 9.13. The Morgan fingerprint density at radius 1 is 1.32 bits per heavy atom. The summed E-state index contributed by atoms with van der Waals surface area (Å²) in [4.78, 5) is 4.44. The highest BCUT2D eigenvalue weighted by molar-refractivity contribution is 7.09. The zero-order valence-corrected chi connectivity index (χ0v) is 12.1.